The molecule has 0 saturated heterocycles. The highest BCUT2D eigenvalue weighted by Crippen LogP contribution is 2.20. The molecule has 1 heterocycles. The quantitative estimate of drug-likeness (QED) is 0.732. The van der Waals surface area contributed by atoms with E-state index < -0.39 is 0 Å². The van der Waals surface area contributed by atoms with Gasteiger partial charge in [0, 0.05) is 13.1 Å². The van der Waals surface area contributed by atoms with Crippen molar-refractivity contribution in [1.82, 2.24) is 15.1 Å². The average molecular weight is 281 g/mol. The van der Waals surface area contributed by atoms with Crippen LogP contribution in [0.3, 0.4) is 0 Å². The Morgan fingerprint density at radius 3 is 2.42 bits per heavy atom. The lowest BCUT2D eigenvalue weighted by atomic mass is 10.0. The molecule has 1 aromatic rings. The molecule has 0 aliphatic carbocycles. The van der Waals surface area contributed by atoms with E-state index in [2.05, 4.69) is 34.3 Å². The minimum atomic E-state index is 0.383. The number of rotatable bonds is 7. The van der Waals surface area contributed by atoms with Gasteiger partial charge < -0.3 is 16.0 Å². The largest absolute Gasteiger partial charge is 0.389 e. The summed E-state index contributed by atoms with van der Waals surface area (Å²) in [6, 6.07) is 0. The van der Waals surface area contributed by atoms with E-state index in [1.54, 1.807) is 0 Å². The molecule has 0 bridgehead atoms. The van der Waals surface area contributed by atoms with E-state index >= 15 is 0 Å². The predicted molar refractivity (Wildman–Crippen MR) is 83.7 cm³/mol. The van der Waals surface area contributed by atoms with Crippen LogP contribution in [0.2, 0.25) is 0 Å². The molecule has 0 aromatic carbocycles. The molecular weight excluding hydrogens is 258 g/mol. The third-order valence-corrected chi connectivity index (χ3v) is 3.15. The van der Waals surface area contributed by atoms with Crippen LogP contribution in [0.1, 0.15) is 30.7 Å². The molecule has 0 amide bonds. The van der Waals surface area contributed by atoms with Gasteiger partial charge in [-0.3, -0.25) is 0 Å². The SMILES string of the molecule is CCc1nnc(NCCN(C)C)c(C(N)=S)c1CC. The lowest BCUT2D eigenvalue weighted by Crippen LogP contribution is -2.24. The van der Waals surface area contributed by atoms with Crippen LogP contribution in [0.15, 0.2) is 0 Å². The molecule has 0 saturated carbocycles. The Morgan fingerprint density at radius 2 is 1.95 bits per heavy atom. The number of likely N-dealkylation sites (N-methyl/N-ethyl adjacent to an activating group) is 1. The van der Waals surface area contributed by atoms with E-state index in [1.165, 1.54) is 0 Å². The fraction of sp³-hybridized carbons (Fsp3) is 0.615. The second-order valence-electron chi connectivity index (χ2n) is 4.65. The standard InChI is InChI=1S/C13H23N5S/c1-5-9-10(6-2)16-17-13(11(9)12(14)19)15-7-8-18(3)4/h5-8H2,1-4H3,(H2,14,19)(H,15,17). The average Bonchev–Trinajstić information content (AvgIpc) is 2.37. The van der Waals surface area contributed by atoms with Crippen molar-refractivity contribution in [3.63, 3.8) is 0 Å². The molecule has 0 spiro atoms. The molecule has 6 heteroatoms. The number of aromatic nitrogens is 2. The molecule has 0 aliphatic rings. The molecule has 3 N–H and O–H groups in total. The van der Waals surface area contributed by atoms with Gasteiger partial charge in [0.05, 0.1) is 11.3 Å². The second kappa shape index (κ2) is 7.35. The fourth-order valence-corrected chi connectivity index (χ4v) is 2.18. The van der Waals surface area contributed by atoms with Crippen LogP contribution in [-0.4, -0.2) is 47.3 Å². The van der Waals surface area contributed by atoms with Gasteiger partial charge in [-0.25, -0.2) is 0 Å². The first kappa shape index (κ1) is 15.8. The maximum atomic E-state index is 5.86. The van der Waals surface area contributed by atoms with Crippen LogP contribution in [0.25, 0.3) is 0 Å². The summed E-state index contributed by atoms with van der Waals surface area (Å²) < 4.78 is 0. The monoisotopic (exact) mass is 281 g/mol. The third-order valence-electron chi connectivity index (χ3n) is 2.94. The van der Waals surface area contributed by atoms with Crippen LogP contribution >= 0.6 is 12.2 Å². The number of nitrogens with two attached hydrogens (primary N) is 1. The van der Waals surface area contributed by atoms with Crippen LogP contribution in [0.4, 0.5) is 5.82 Å². The van der Waals surface area contributed by atoms with E-state index in [0.29, 0.717) is 10.8 Å². The fourth-order valence-electron chi connectivity index (χ4n) is 1.96. The normalized spacial score (nSPS) is 10.8. The van der Waals surface area contributed by atoms with Crippen molar-refractivity contribution < 1.29 is 0 Å². The van der Waals surface area contributed by atoms with Gasteiger partial charge in [0.25, 0.3) is 0 Å². The molecule has 1 rings (SSSR count). The van der Waals surface area contributed by atoms with Crippen molar-refractivity contribution in [3.8, 4) is 0 Å². The van der Waals surface area contributed by atoms with Gasteiger partial charge in [0.2, 0.25) is 0 Å². The number of thiocarbonyl (C=S) groups is 1. The van der Waals surface area contributed by atoms with Crippen molar-refractivity contribution in [2.24, 2.45) is 5.73 Å². The maximum absolute atomic E-state index is 5.86. The van der Waals surface area contributed by atoms with Crippen LogP contribution in [0.5, 0.6) is 0 Å². The minimum absolute atomic E-state index is 0.383. The van der Waals surface area contributed by atoms with Crippen molar-refractivity contribution in [2.45, 2.75) is 26.7 Å². The number of hydrogen-bond acceptors (Lipinski definition) is 5. The topological polar surface area (TPSA) is 67.1 Å². The zero-order valence-electron chi connectivity index (χ0n) is 12.2. The molecule has 19 heavy (non-hydrogen) atoms. The lowest BCUT2D eigenvalue weighted by molar-refractivity contribution is 0.425. The molecule has 5 nitrogen and oxygen atoms in total. The third kappa shape index (κ3) is 4.11. The van der Waals surface area contributed by atoms with Crippen LogP contribution < -0.4 is 11.1 Å². The molecule has 0 atom stereocenters. The molecule has 1 aromatic heterocycles. The number of anilines is 1. The Balaban J connectivity index is 3.06. The van der Waals surface area contributed by atoms with Gasteiger partial charge in [0.1, 0.15) is 4.99 Å². The summed E-state index contributed by atoms with van der Waals surface area (Å²) in [5.41, 5.74) is 8.79. The van der Waals surface area contributed by atoms with Gasteiger partial charge in [-0.2, -0.15) is 5.10 Å². The van der Waals surface area contributed by atoms with E-state index in [1.807, 2.05) is 14.1 Å². The van der Waals surface area contributed by atoms with Gasteiger partial charge in [-0.1, -0.05) is 26.1 Å². The van der Waals surface area contributed by atoms with E-state index in [-0.39, 0.29) is 0 Å². The number of nitrogens with one attached hydrogen (secondary N) is 1. The molecule has 106 valence electrons. The summed E-state index contributed by atoms with van der Waals surface area (Å²) in [6.07, 6.45) is 1.69. The Bertz CT molecular complexity index is 445. The predicted octanol–water partition coefficient (Wildman–Crippen LogP) is 1.21. The first-order chi connectivity index (χ1) is 9.01. The maximum Gasteiger partial charge on any atom is 0.159 e. The van der Waals surface area contributed by atoms with Gasteiger partial charge in [-0.15, -0.1) is 5.10 Å². The molecule has 0 radical (unpaired) electrons. The van der Waals surface area contributed by atoms with Crippen molar-refractivity contribution in [1.29, 1.82) is 0 Å². The van der Waals surface area contributed by atoms with E-state index in [4.69, 9.17) is 18.0 Å². The Morgan fingerprint density at radius 1 is 1.26 bits per heavy atom. The van der Waals surface area contributed by atoms with Gasteiger partial charge in [0.15, 0.2) is 5.82 Å². The molecular formula is C13H23N5S. The summed E-state index contributed by atoms with van der Waals surface area (Å²) in [4.78, 5) is 2.48. The smallest absolute Gasteiger partial charge is 0.159 e. The molecule has 0 fully saturated rings. The number of hydrogen-bond donors (Lipinski definition) is 2. The summed E-state index contributed by atoms with van der Waals surface area (Å²) in [5, 5.41) is 11.8. The molecule has 0 unspecified atom stereocenters. The Kier molecular flexibility index (Phi) is 6.11. The van der Waals surface area contributed by atoms with Gasteiger partial charge >= 0.3 is 0 Å². The highest BCUT2D eigenvalue weighted by Gasteiger charge is 2.16. The lowest BCUT2D eigenvalue weighted by Gasteiger charge is -2.16. The summed E-state index contributed by atoms with van der Waals surface area (Å²) in [7, 11) is 4.05. The number of aryl methyl sites for hydroxylation is 1. The van der Waals surface area contributed by atoms with E-state index in [9.17, 15) is 0 Å². The first-order valence-electron chi connectivity index (χ1n) is 6.58. The van der Waals surface area contributed by atoms with E-state index in [0.717, 1.165) is 42.8 Å². The summed E-state index contributed by atoms with van der Waals surface area (Å²) >= 11 is 5.17. The molecule has 0 aliphatic heterocycles. The Hall–Kier alpha value is -1.27. The second-order valence-corrected chi connectivity index (χ2v) is 5.09. The van der Waals surface area contributed by atoms with Crippen LogP contribution in [-0.2, 0) is 12.8 Å². The van der Waals surface area contributed by atoms with Crippen molar-refractivity contribution in [3.05, 3.63) is 16.8 Å². The summed E-state index contributed by atoms with van der Waals surface area (Å²) in [5.74, 6) is 0.698. The van der Waals surface area contributed by atoms with Crippen molar-refractivity contribution in [2.75, 3.05) is 32.5 Å². The summed E-state index contributed by atoms with van der Waals surface area (Å²) in [6.45, 7) is 5.84. The highest BCUT2D eigenvalue weighted by atomic mass is 32.1. The highest BCUT2D eigenvalue weighted by molar-refractivity contribution is 7.80. The first-order valence-corrected chi connectivity index (χ1v) is 6.98. The number of nitrogens with zero attached hydrogens (tertiary/aromatic N) is 3. The van der Waals surface area contributed by atoms with Crippen molar-refractivity contribution >= 4 is 23.0 Å². The Labute approximate surface area is 120 Å². The zero-order valence-corrected chi connectivity index (χ0v) is 13.0. The van der Waals surface area contributed by atoms with Gasteiger partial charge in [-0.05, 0) is 32.5 Å². The van der Waals surface area contributed by atoms with Crippen LogP contribution in [0, 0.1) is 0 Å². The zero-order chi connectivity index (χ0) is 14.4. The minimum Gasteiger partial charge on any atom is -0.389 e.